The zero-order valence-electron chi connectivity index (χ0n) is 11.7. The number of aryl methyl sites for hydroxylation is 1. The van der Waals surface area contributed by atoms with Gasteiger partial charge in [0.2, 0.25) is 0 Å². The third-order valence-corrected chi connectivity index (χ3v) is 4.55. The van der Waals surface area contributed by atoms with E-state index in [1.165, 1.54) is 42.7 Å². The van der Waals surface area contributed by atoms with Crippen molar-refractivity contribution >= 4 is 17.3 Å². The lowest BCUT2D eigenvalue weighted by molar-refractivity contribution is 0.311. The number of hydrogen-bond donors (Lipinski definition) is 0. The van der Waals surface area contributed by atoms with Gasteiger partial charge in [-0.1, -0.05) is 26.0 Å². The molecule has 1 heterocycles. The molecule has 18 heavy (non-hydrogen) atoms. The van der Waals surface area contributed by atoms with E-state index in [1.807, 2.05) is 0 Å². The van der Waals surface area contributed by atoms with Crippen LogP contribution in [0.5, 0.6) is 0 Å². The second kappa shape index (κ2) is 5.97. The van der Waals surface area contributed by atoms with Gasteiger partial charge in [0.05, 0.1) is 0 Å². The Hall–Kier alpha value is -0.690. The third kappa shape index (κ3) is 3.00. The van der Waals surface area contributed by atoms with E-state index in [2.05, 4.69) is 43.9 Å². The monoisotopic (exact) mass is 265 g/mol. The molecule has 1 aliphatic rings. The van der Waals surface area contributed by atoms with Gasteiger partial charge < -0.3 is 4.90 Å². The smallest absolute Gasteiger partial charge is 0.0474 e. The number of anilines is 1. The fourth-order valence-electron chi connectivity index (χ4n) is 2.96. The van der Waals surface area contributed by atoms with Crippen LogP contribution in [-0.2, 0) is 5.88 Å². The van der Waals surface area contributed by atoms with Crippen LogP contribution in [0.25, 0.3) is 0 Å². The summed E-state index contributed by atoms with van der Waals surface area (Å²) in [6, 6.07) is 6.61. The first-order valence-electron chi connectivity index (χ1n) is 7.02. The Morgan fingerprint density at radius 2 is 1.94 bits per heavy atom. The quantitative estimate of drug-likeness (QED) is 0.722. The second-order valence-corrected chi connectivity index (χ2v) is 6.09. The van der Waals surface area contributed by atoms with E-state index >= 15 is 0 Å². The molecule has 2 heteroatoms. The average Bonchev–Trinajstić information content (AvgIpc) is 2.38. The standard InChI is InChI=1S/C16H24ClN/c1-12(2)15-6-8-18(9-7-15)16-5-4-14(11-17)10-13(16)3/h4-5,10,12,15H,6-9,11H2,1-3H3. The minimum Gasteiger partial charge on any atom is -0.371 e. The fourth-order valence-corrected chi connectivity index (χ4v) is 3.13. The lowest BCUT2D eigenvalue weighted by atomic mass is 9.86. The number of benzene rings is 1. The van der Waals surface area contributed by atoms with Gasteiger partial charge in [0.25, 0.3) is 0 Å². The number of halogens is 1. The zero-order valence-corrected chi connectivity index (χ0v) is 12.5. The molecule has 1 fully saturated rings. The summed E-state index contributed by atoms with van der Waals surface area (Å²) in [5.41, 5.74) is 3.97. The first-order valence-corrected chi connectivity index (χ1v) is 7.55. The number of piperidine rings is 1. The number of hydrogen-bond acceptors (Lipinski definition) is 1. The first-order chi connectivity index (χ1) is 8.61. The van der Waals surface area contributed by atoms with Crippen LogP contribution in [0.15, 0.2) is 18.2 Å². The summed E-state index contributed by atoms with van der Waals surface area (Å²) in [6.07, 6.45) is 2.66. The molecule has 100 valence electrons. The molecular weight excluding hydrogens is 242 g/mol. The number of rotatable bonds is 3. The van der Waals surface area contributed by atoms with E-state index in [0.717, 1.165) is 11.8 Å². The summed E-state index contributed by atoms with van der Waals surface area (Å²) in [6.45, 7) is 9.29. The number of alkyl halides is 1. The van der Waals surface area contributed by atoms with E-state index < -0.39 is 0 Å². The highest BCUT2D eigenvalue weighted by molar-refractivity contribution is 6.17. The van der Waals surface area contributed by atoms with Crippen molar-refractivity contribution in [3.05, 3.63) is 29.3 Å². The highest BCUT2D eigenvalue weighted by atomic mass is 35.5. The summed E-state index contributed by atoms with van der Waals surface area (Å²) >= 11 is 5.88. The van der Waals surface area contributed by atoms with Gasteiger partial charge in [-0.05, 0) is 48.8 Å². The van der Waals surface area contributed by atoms with Crippen LogP contribution in [0.4, 0.5) is 5.69 Å². The predicted molar refractivity (Wildman–Crippen MR) is 80.5 cm³/mol. The molecule has 0 unspecified atom stereocenters. The lowest BCUT2D eigenvalue weighted by Crippen LogP contribution is -2.35. The second-order valence-electron chi connectivity index (χ2n) is 5.82. The highest BCUT2D eigenvalue weighted by Crippen LogP contribution is 2.30. The normalized spacial score (nSPS) is 17.5. The summed E-state index contributed by atoms with van der Waals surface area (Å²) < 4.78 is 0. The summed E-state index contributed by atoms with van der Waals surface area (Å²) in [4.78, 5) is 2.53. The van der Waals surface area contributed by atoms with Crippen molar-refractivity contribution in [1.29, 1.82) is 0 Å². The molecule has 0 aliphatic carbocycles. The zero-order chi connectivity index (χ0) is 13.1. The molecule has 0 spiro atoms. The van der Waals surface area contributed by atoms with Crippen molar-refractivity contribution in [2.75, 3.05) is 18.0 Å². The van der Waals surface area contributed by atoms with E-state index in [1.54, 1.807) is 0 Å². The van der Waals surface area contributed by atoms with Gasteiger partial charge in [-0.15, -0.1) is 11.6 Å². The molecule has 2 rings (SSSR count). The molecule has 1 aromatic rings. The maximum absolute atomic E-state index is 5.88. The molecule has 1 saturated heterocycles. The molecule has 0 bridgehead atoms. The van der Waals surface area contributed by atoms with Crippen molar-refractivity contribution < 1.29 is 0 Å². The molecule has 1 nitrogen and oxygen atoms in total. The van der Waals surface area contributed by atoms with Gasteiger partial charge >= 0.3 is 0 Å². The molecule has 1 aliphatic heterocycles. The maximum Gasteiger partial charge on any atom is 0.0474 e. The minimum atomic E-state index is 0.608. The largest absolute Gasteiger partial charge is 0.371 e. The van der Waals surface area contributed by atoms with Crippen LogP contribution in [0.2, 0.25) is 0 Å². The van der Waals surface area contributed by atoms with Crippen LogP contribution in [0.1, 0.15) is 37.8 Å². The molecule has 0 atom stereocenters. The van der Waals surface area contributed by atoms with Gasteiger partial charge in [0.15, 0.2) is 0 Å². The van der Waals surface area contributed by atoms with Gasteiger partial charge in [0.1, 0.15) is 0 Å². The fraction of sp³-hybridized carbons (Fsp3) is 0.625. The Kier molecular flexibility index (Phi) is 4.55. The van der Waals surface area contributed by atoms with Gasteiger partial charge in [0, 0.05) is 24.7 Å². The SMILES string of the molecule is Cc1cc(CCl)ccc1N1CCC(C(C)C)CC1. The topological polar surface area (TPSA) is 3.24 Å². The van der Waals surface area contributed by atoms with Crippen molar-refractivity contribution in [1.82, 2.24) is 0 Å². The number of nitrogens with zero attached hydrogens (tertiary/aromatic N) is 1. The molecule has 0 radical (unpaired) electrons. The molecule has 1 aromatic carbocycles. The van der Waals surface area contributed by atoms with E-state index in [4.69, 9.17) is 11.6 Å². The third-order valence-electron chi connectivity index (χ3n) is 4.24. The molecule has 0 aromatic heterocycles. The van der Waals surface area contributed by atoms with Crippen LogP contribution < -0.4 is 4.90 Å². The van der Waals surface area contributed by atoms with Crippen molar-refractivity contribution in [2.45, 2.75) is 39.5 Å². The Morgan fingerprint density at radius 3 is 2.44 bits per heavy atom. The Labute approximate surface area is 116 Å². The lowest BCUT2D eigenvalue weighted by Gasteiger charge is -2.36. The van der Waals surface area contributed by atoms with Crippen LogP contribution in [0, 0.1) is 18.8 Å². The van der Waals surface area contributed by atoms with Crippen LogP contribution in [-0.4, -0.2) is 13.1 Å². The molecule has 0 amide bonds. The Balaban J connectivity index is 2.05. The van der Waals surface area contributed by atoms with Crippen molar-refractivity contribution in [2.24, 2.45) is 11.8 Å². The maximum atomic E-state index is 5.88. The minimum absolute atomic E-state index is 0.608. The Bertz CT molecular complexity index is 392. The highest BCUT2D eigenvalue weighted by Gasteiger charge is 2.22. The molecule has 0 saturated carbocycles. The Morgan fingerprint density at radius 1 is 1.28 bits per heavy atom. The molecule has 0 N–H and O–H groups in total. The van der Waals surface area contributed by atoms with E-state index in [9.17, 15) is 0 Å². The van der Waals surface area contributed by atoms with Gasteiger partial charge in [-0.3, -0.25) is 0 Å². The van der Waals surface area contributed by atoms with E-state index in [0.29, 0.717) is 5.88 Å². The van der Waals surface area contributed by atoms with Gasteiger partial charge in [-0.2, -0.15) is 0 Å². The summed E-state index contributed by atoms with van der Waals surface area (Å²) in [5, 5.41) is 0. The van der Waals surface area contributed by atoms with Crippen molar-refractivity contribution in [3.63, 3.8) is 0 Å². The van der Waals surface area contributed by atoms with E-state index in [-0.39, 0.29) is 0 Å². The summed E-state index contributed by atoms with van der Waals surface area (Å²) in [7, 11) is 0. The average molecular weight is 266 g/mol. The van der Waals surface area contributed by atoms with Crippen molar-refractivity contribution in [3.8, 4) is 0 Å². The predicted octanol–water partition coefficient (Wildman–Crippen LogP) is 4.61. The molecular formula is C16H24ClN. The van der Waals surface area contributed by atoms with Gasteiger partial charge in [-0.25, -0.2) is 0 Å². The summed E-state index contributed by atoms with van der Waals surface area (Å²) in [5.74, 6) is 2.34. The first kappa shape index (κ1) is 13.7. The van der Waals surface area contributed by atoms with Crippen LogP contribution >= 0.6 is 11.6 Å². The van der Waals surface area contributed by atoms with Crippen LogP contribution in [0.3, 0.4) is 0 Å².